The second-order valence-electron chi connectivity index (χ2n) is 6.99. The van der Waals surface area contributed by atoms with Crippen LogP contribution in [0, 0.1) is 0 Å². The Morgan fingerprint density at radius 1 is 0.967 bits per heavy atom. The van der Waals surface area contributed by atoms with Gasteiger partial charge in [0.1, 0.15) is 0 Å². The van der Waals surface area contributed by atoms with E-state index in [2.05, 4.69) is 5.32 Å². The van der Waals surface area contributed by atoms with Gasteiger partial charge in [-0.15, -0.1) is 11.8 Å². The summed E-state index contributed by atoms with van der Waals surface area (Å²) in [6.07, 6.45) is 3.60. The van der Waals surface area contributed by atoms with Crippen LogP contribution in [0.5, 0.6) is 0 Å². The summed E-state index contributed by atoms with van der Waals surface area (Å²) >= 11 is 1.55. The largest absolute Gasteiger partial charge is 0.321 e. The molecule has 3 aromatic rings. The number of fused-ring (bicyclic) bond motifs is 1. The molecule has 1 N–H and O–H groups in total. The standard InChI is InChI=1S/C23H22N2O3S2/c1-29-22-11-5-3-9-20(22)24-23(26)18-12-14-19(15-13-18)30(27,28)25-16-6-8-17-7-2-4-10-21(17)25/h2-5,7,9-15H,6,8,16H2,1H3,(H,24,26). The molecule has 0 bridgehead atoms. The fourth-order valence-corrected chi connectivity index (χ4v) is 5.69. The SMILES string of the molecule is CSc1ccccc1NC(=O)c1ccc(S(=O)(=O)N2CCCc3ccccc32)cc1. The summed E-state index contributed by atoms with van der Waals surface area (Å²) in [5.41, 5.74) is 2.91. The number of benzene rings is 3. The number of rotatable bonds is 5. The van der Waals surface area contributed by atoms with Crippen LogP contribution >= 0.6 is 11.8 Å². The number of para-hydroxylation sites is 2. The molecule has 0 spiro atoms. The van der Waals surface area contributed by atoms with Crippen LogP contribution in [0.4, 0.5) is 11.4 Å². The molecule has 0 saturated carbocycles. The number of hydrogen-bond acceptors (Lipinski definition) is 4. The number of amides is 1. The van der Waals surface area contributed by atoms with Crippen molar-refractivity contribution in [1.82, 2.24) is 0 Å². The van der Waals surface area contributed by atoms with Gasteiger partial charge in [-0.05, 0) is 67.1 Å². The van der Waals surface area contributed by atoms with Crippen LogP contribution in [0.2, 0.25) is 0 Å². The maximum atomic E-state index is 13.2. The van der Waals surface area contributed by atoms with E-state index in [0.717, 1.165) is 34.7 Å². The lowest BCUT2D eigenvalue weighted by Gasteiger charge is -2.30. The molecule has 4 rings (SSSR count). The second-order valence-corrected chi connectivity index (χ2v) is 9.70. The lowest BCUT2D eigenvalue weighted by Crippen LogP contribution is -2.35. The Bertz CT molecular complexity index is 1180. The fourth-order valence-electron chi connectivity index (χ4n) is 3.60. The number of nitrogens with zero attached hydrogens (tertiary/aromatic N) is 1. The summed E-state index contributed by atoms with van der Waals surface area (Å²) in [4.78, 5) is 13.8. The molecular weight excluding hydrogens is 416 g/mol. The molecular formula is C23H22N2O3S2. The van der Waals surface area contributed by atoms with E-state index in [0.29, 0.717) is 12.1 Å². The molecule has 1 heterocycles. The first-order valence-corrected chi connectivity index (χ1v) is 12.3. The summed E-state index contributed by atoms with van der Waals surface area (Å²) in [5.74, 6) is -0.274. The molecule has 7 heteroatoms. The second kappa shape index (κ2) is 8.53. The zero-order chi connectivity index (χ0) is 21.1. The van der Waals surface area contributed by atoms with E-state index >= 15 is 0 Å². The number of aryl methyl sites for hydroxylation is 1. The summed E-state index contributed by atoms with van der Waals surface area (Å²) in [5, 5.41) is 2.89. The van der Waals surface area contributed by atoms with Gasteiger partial charge in [-0.3, -0.25) is 9.10 Å². The van der Waals surface area contributed by atoms with E-state index in [9.17, 15) is 13.2 Å². The molecule has 0 aromatic heterocycles. The molecule has 3 aromatic carbocycles. The van der Waals surface area contributed by atoms with Crippen molar-refractivity contribution in [3.05, 3.63) is 83.9 Å². The van der Waals surface area contributed by atoms with Crippen LogP contribution in [-0.2, 0) is 16.4 Å². The Balaban J connectivity index is 1.57. The number of carbonyl (C=O) groups excluding carboxylic acids is 1. The molecule has 5 nitrogen and oxygen atoms in total. The van der Waals surface area contributed by atoms with Gasteiger partial charge in [0, 0.05) is 17.0 Å². The van der Waals surface area contributed by atoms with E-state index in [-0.39, 0.29) is 10.8 Å². The highest BCUT2D eigenvalue weighted by molar-refractivity contribution is 7.98. The predicted molar refractivity (Wildman–Crippen MR) is 122 cm³/mol. The van der Waals surface area contributed by atoms with Gasteiger partial charge >= 0.3 is 0 Å². The molecule has 154 valence electrons. The molecule has 1 aliphatic rings. The molecule has 0 saturated heterocycles. The van der Waals surface area contributed by atoms with Crippen molar-refractivity contribution in [2.75, 3.05) is 22.4 Å². The van der Waals surface area contributed by atoms with E-state index in [1.165, 1.54) is 16.4 Å². The first-order chi connectivity index (χ1) is 14.5. The predicted octanol–water partition coefficient (Wildman–Crippen LogP) is 4.80. The summed E-state index contributed by atoms with van der Waals surface area (Å²) in [6, 6.07) is 21.3. The quantitative estimate of drug-likeness (QED) is 0.581. The van der Waals surface area contributed by atoms with Crippen molar-refractivity contribution < 1.29 is 13.2 Å². The first kappa shape index (κ1) is 20.5. The average Bonchev–Trinajstić information content (AvgIpc) is 2.79. The van der Waals surface area contributed by atoms with Crippen molar-refractivity contribution in [2.24, 2.45) is 0 Å². The van der Waals surface area contributed by atoms with Crippen molar-refractivity contribution in [3.63, 3.8) is 0 Å². The highest BCUT2D eigenvalue weighted by atomic mass is 32.2. The molecule has 0 atom stereocenters. The third-order valence-electron chi connectivity index (χ3n) is 5.13. The zero-order valence-electron chi connectivity index (χ0n) is 16.5. The van der Waals surface area contributed by atoms with Crippen LogP contribution < -0.4 is 9.62 Å². The monoisotopic (exact) mass is 438 g/mol. The summed E-state index contributed by atoms with van der Waals surface area (Å²) in [7, 11) is -3.69. The third-order valence-corrected chi connectivity index (χ3v) is 7.75. The molecule has 30 heavy (non-hydrogen) atoms. The molecule has 0 radical (unpaired) electrons. The molecule has 0 unspecified atom stereocenters. The number of anilines is 2. The van der Waals surface area contributed by atoms with Gasteiger partial charge in [0.25, 0.3) is 15.9 Å². The van der Waals surface area contributed by atoms with Gasteiger partial charge in [0.15, 0.2) is 0 Å². The molecule has 0 aliphatic carbocycles. The maximum Gasteiger partial charge on any atom is 0.264 e. The Morgan fingerprint density at radius 3 is 2.43 bits per heavy atom. The highest BCUT2D eigenvalue weighted by Gasteiger charge is 2.28. The first-order valence-electron chi connectivity index (χ1n) is 9.66. The van der Waals surface area contributed by atoms with Crippen molar-refractivity contribution in [2.45, 2.75) is 22.6 Å². The number of hydrogen-bond donors (Lipinski definition) is 1. The van der Waals surface area contributed by atoms with Crippen molar-refractivity contribution in [1.29, 1.82) is 0 Å². The molecule has 1 aliphatic heterocycles. The fraction of sp³-hybridized carbons (Fsp3) is 0.174. The summed E-state index contributed by atoms with van der Waals surface area (Å²) in [6.45, 7) is 0.451. The van der Waals surface area contributed by atoms with Gasteiger partial charge in [0.05, 0.1) is 16.3 Å². The lowest BCUT2D eigenvalue weighted by atomic mass is 10.0. The van der Waals surface area contributed by atoms with E-state index < -0.39 is 10.0 Å². The maximum absolute atomic E-state index is 13.2. The van der Waals surface area contributed by atoms with Crippen LogP contribution in [-0.4, -0.2) is 27.1 Å². The minimum atomic E-state index is -3.69. The van der Waals surface area contributed by atoms with Crippen LogP contribution in [0.1, 0.15) is 22.3 Å². The number of carbonyl (C=O) groups is 1. The van der Waals surface area contributed by atoms with Gasteiger partial charge < -0.3 is 5.32 Å². The normalized spacial score (nSPS) is 13.6. The van der Waals surface area contributed by atoms with Gasteiger partial charge in [-0.1, -0.05) is 30.3 Å². The smallest absolute Gasteiger partial charge is 0.264 e. The van der Waals surface area contributed by atoms with Crippen LogP contribution in [0.25, 0.3) is 0 Å². The number of sulfonamides is 1. The van der Waals surface area contributed by atoms with Gasteiger partial charge in [-0.25, -0.2) is 8.42 Å². The van der Waals surface area contributed by atoms with Crippen molar-refractivity contribution in [3.8, 4) is 0 Å². The molecule has 1 amide bonds. The van der Waals surface area contributed by atoms with Crippen LogP contribution in [0.3, 0.4) is 0 Å². The van der Waals surface area contributed by atoms with Crippen LogP contribution in [0.15, 0.2) is 82.6 Å². The average molecular weight is 439 g/mol. The third kappa shape index (κ3) is 3.95. The van der Waals surface area contributed by atoms with Crippen molar-refractivity contribution >= 4 is 39.1 Å². The van der Waals surface area contributed by atoms with Gasteiger partial charge in [0.2, 0.25) is 0 Å². The minimum absolute atomic E-state index is 0.181. The van der Waals surface area contributed by atoms with E-state index in [1.54, 1.807) is 23.9 Å². The Morgan fingerprint density at radius 2 is 1.67 bits per heavy atom. The van der Waals surface area contributed by atoms with E-state index in [4.69, 9.17) is 0 Å². The Labute approximate surface area is 181 Å². The lowest BCUT2D eigenvalue weighted by molar-refractivity contribution is 0.102. The number of thioether (sulfide) groups is 1. The van der Waals surface area contributed by atoms with Gasteiger partial charge in [-0.2, -0.15) is 0 Å². The minimum Gasteiger partial charge on any atom is -0.321 e. The number of nitrogens with one attached hydrogen (secondary N) is 1. The Hall–Kier alpha value is -2.77. The topological polar surface area (TPSA) is 66.5 Å². The molecule has 0 fully saturated rings. The zero-order valence-corrected chi connectivity index (χ0v) is 18.2. The Kier molecular flexibility index (Phi) is 5.83. The highest BCUT2D eigenvalue weighted by Crippen LogP contribution is 2.32. The van der Waals surface area contributed by atoms with E-state index in [1.807, 2.05) is 54.8 Å². The summed E-state index contributed by atoms with van der Waals surface area (Å²) < 4.78 is 27.9.